The number of nitrogens with two attached hydrogens (primary N) is 1. The smallest absolute Gasteiger partial charge is 0.191 e. The van der Waals surface area contributed by atoms with Crippen LogP contribution in [0.4, 0.5) is 0 Å². The maximum absolute atomic E-state index is 6.03. The maximum atomic E-state index is 6.03. The van der Waals surface area contributed by atoms with Gasteiger partial charge in [0.05, 0.1) is 6.04 Å². The summed E-state index contributed by atoms with van der Waals surface area (Å²) in [5.41, 5.74) is 7.40. The van der Waals surface area contributed by atoms with E-state index in [0.717, 1.165) is 10.9 Å². The molecule has 0 bridgehead atoms. The second-order valence-corrected chi connectivity index (χ2v) is 6.21. The molecule has 2 saturated carbocycles. The molecule has 3 rings (SSSR count). The molecule has 2 atom stereocenters. The minimum absolute atomic E-state index is 0. The lowest BCUT2D eigenvalue weighted by Gasteiger charge is -2.16. The van der Waals surface area contributed by atoms with Crippen LogP contribution in [-0.4, -0.2) is 30.0 Å². The van der Waals surface area contributed by atoms with Crippen molar-refractivity contribution in [2.75, 3.05) is 7.05 Å². The fourth-order valence-electron chi connectivity index (χ4n) is 2.30. The maximum Gasteiger partial charge on any atom is 0.191 e. The number of benzene rings is 1. The first-order chi connectivity index (χ1) is 8.65. The average Bonchev–Trinajstić information content (AvgIpc) is 3.23. The molecule has 0 heterocycles. The lowest BCUT2D eigenvalue weighted by molar-refractivity contribution is 0.487. The molecule has 2 N–H and O–H groups in total. The standard InChI is InChI=1S/C14H18BrN3.HI/c1-18(11-6-7-11)14(16)17-13-8-12(13)9-2-4-10(15)5-3-9;/h2-5,11-13H,6-8H2,1H3,(H2,16,17);1H/t12-,13+;/m0./s1. The zero-order valence-corrected chi connectivity index (χ0v) is 14.8. The fourth-order valence-corrected chi connectivity index (χ4v) is 2.57. The number of aliphatic imine (C=N–C) groups is 1. The van der Waals surface area contributed by atoms with Crippen LogP contribution in [0.5, 0.6) is 0 Å². The van der Waals surface area contributed by atoms with Crippen LogP contribution in [0.15, 0.2) is 33.7 Å². The number of guanidine groups is 1. The van der Waals surface area contributed by atoms with Crippen LogP contribution in [0.3, 0.4) is 0 Å². The molecule has 5 heteroatoms. The number of halogens is 2. The van der Waals surface area contributed by atoms with Gasteiger partial charge in [0.15, 0.2) is 5.96 Å². The van der Waals surface area contributed by atoms with Gasteiger partial charge in [-0.1, -0.05) is 28.1 Å². The van der Waals surface area contributed by atoms with Crippen molar-refractivity contribution >= 4 is 45.9 Å². The Labute approximate surface area is 139 Å². The molecule has 2 aliphatic rings. The van der Waals surface area contributed by atoms with Crippen LogP contribution in [0, 0.1) is 0 Å². The quantitative estimate of drug-likeness (QED) is 0.449. The molecule has 1 aromatic rings. The van der Waals surface area contributed by atoms with Crippen molar-refractivity contribution in [1.29, 1.82) is 0 Å². The van der Waals surface area contributed by atoms with Gasteiger partial charge in [0.1, 0.15) is 0 Å². The second kappa shape index (κ2) is 5.99. The van der Waals surface area contributed by atoms with Gasteiger partial charge in [-0.2, -0.15) is 0 Å². The molecule has 2 aliphatic carbocycles. The monoisotopic (exact) mass is 435 g/mol. The van der Waals surface area contributed by atoms with Gasteiger partial charge in [0.2, 0.25) is 0 Å². The van der Waals surface area contributed by atoms with Crippen molar-refractivity contribution in [2.45, 2.75) is 37.3 Å². The first-order valence-electron chi connectivity index (χ1n) is 6.46. The molecule has 1 aromatic carbocycles. The third kappa shape index (κ3) is 3.62. The van der Waals surface area contributed by atoms with Crippen LogP contribution in [0.25, 0.3) is 0 Å². The molecule has 19 heavy (non-hydrogen) atoms. The van der Waals surface area contributed by atoms with Gasteiger partial charge in [-0.05, 0) is 37.0 Å². The van der Waals surface area contributed by atoms with E-state index in [2.05, 4.69) is 50.1 Å². The van der Waals surface area contributed by atoms with Crippen molar-refractivity contribution < 1.29 is 0 Å². The van der Waals surface area contributed by atoms with Crippen LogP contribution in [0.1, 0.15) is 30.7 Å². The van der Waals surface area contributed by atoms with E-state index in [1.165, 1.54) is 18.4 Å². The topological polar surface area (TPSA) is 41.6 Å². The first-order valence-corrected chi connectivity index (χ1v) is 7.26. The van der Waals surface area contributed by atoms with Crippen molar-refractivity contribution in [3.8, 4) is 0 Å². The van der Waals surface area contributed by atoms with E-state index >= 15 is 0 Å². The molecule has 104 valence electrons. The number of hydrogen-bond donors (Lipinski definition) is 1. The van der Waals surface area contributed by atoms with Gasteiger partial charge >= 0.3 is 0 Å². The normalized spacial score (nSPS) is 25.7. The Morgan fingerprint density at radius 2 is 1.95 bits per heavy atom. The van der Waals surface area contributed by atoms with Gasteiger partial charge in [-0.25, -0.2) is 4.99 Å². The summed E-state index contributed by atoms with van der Waals surface area (Å²) in [6.07, 6.45) is 3.64. The van der Waals surface area contributed by atoms with E-state index in [4.69, 9.17) is 5.73 Å². The molecule has 0 aromatic heterocycles. The third-order valence-corrected chi connectivity index (χ3v) is 4.34. The molecular weight excluding hydrogens is 417 g/mol. The van der Waals surface area contributed by atoms with E-state index in [-0.39, 0.29) is 24.0 Å². The highest BCUT2D eigenvalue weighted by Gasteiger charge is 2.39. The third-order valence-electron chi connectivity index (χ3n) is 3.81. The number of hydrogen-bond acceptors (Lipinski definition) is 1. The molecule has 0 saturated heterocycles. The lowest BCUT2D eigenvalue weighted by Crippen LogP contribution is -2.36. The van der Waals surface area contributed by atoms with Crippen LogP contribution >= 0.6 is 39.9 Å². The minimum Gasteiger partial charge on any atom is -0.370 e. The van der Waals surface area contributed by atoms with E-state index in [1.807, 2.05) is 7.05 Å². The van der Waals surface area contributed by atoms with Gasteiger partial charge in [-0.15, -0.1) is 24.0 Å². The van der Waals surface area contributed by atoms with Crippen LogP contribution in [-0.2, 0) is 0 Å². The summed E-state index contributed by atoms with van der Waals surface area (Å²) in [5, 5.41) is 0. The molecule has 0 unspecified atom stereocenters. The molecular formula is C14H19BrIN3. The predicted molar refractivity (Wildman–Crippen MR) is 93.1 cm³/mol. The van der Waals surface area contributed by atoms with Gasteiger partial charge in [-0.3, -0.25) is 0 Å². The Hall–Kier alpha value is -0.300. The number of nitrogens with zero attached hydrogens (tertiary/aromatic N) is 2. The van der Waals surface area contributed by atoms with Crippen molar-refractivity contribution in [3.05, 3.63) is 34.3 Å². The lowest BCUT2D eigenvalue weighted by atomic mass is 10.1. The first kappa shape index (κ1) is 15.1. The summed E-state index contributed by atoms with van der Waals surface area (Å²) in [4.78, 5) is 6.76. The average molecular weight is 436 g/mol. The Kier molecular flexibility index (Phi) is 4.76. The highest BCUT2D eigenvalue weighted by molar-refractivity contribution is 14.0. The Bertz CT molecular complexity index is 470. The molecule has 3 nitrogen and oxygen atoms in total. The SMILES string of the molecule is CN(C(N)=N[C@@H]1C[C@H]1c1ccc(Br)cc1)C1CC1.I. The van der Waals surface area contributed by atoms with Gasteiger partial charge in [0.25, 0.3) is 0 Å². The van der Waals surface area contributed by atoms with Crippen LogP contribution < -0.4 is 5.73 Å². The van der Waals surface area contributed by atoms with Crippen LogP contribution in [0.2, 0.25) is 0 Å². The summed E-state index contributed by atoms with van der Waals surface area (Å²) in [6, 6.07) is 9.55. The van der Waals surface area contributed by atoms with E-state index in [9.17, 15) is 0 Å². The van der Waals surface area contributed by atoms with Crippen molar-refractivity contribution in [3.63, 3.8) is 0 Å². The summed E-state index contributed by atoms with van der Waals surface area (Å²) >= 11 is 3.46. The van der Waals surface area contributed by atoms with Crippen molar-refractivity contribution in [2.24, 2.45) is 10.7 Å². The minimum atomic E-state index is 0. The highest BCUT2D eigenvalue weighted by atomic mass is 127. The van der Waals surface area contributed by atoms with Gasteiger partial charge < -0.3 is 10.6 Å². The Balaban J connectivity index is 0.00000133. The largest absolute Gasteiger partial charge is 0.370 e. The Morgan fingerprint density at radius 3 is 2.53 bits per heavy atom. The van der Waals surface area contributed by atoms with Crippen molar-refractivity contribution in [1.82, 2.24) is 4.90 Å². The Morgan fingerprint density at radius 1 is 1.32 bits per heavy atom. The summed E-state index contributed by atoms with van der Waals surface area (Å²) in [7, 11) is 2.05. The molecule has 0 radical (unpaired) electrons. The van der Waals surface area contributed by atoms with E-state index in [0.29, 0.717) is 24.0 Å². The van der Waals surface area contributed by atoms with Gasteiger partial charge in [0, 0.05) is 23.5 Å². The molecule has 0 aliphatic heterocycles. The van der Waals surface area contributed by atoms with E-state index < -0.39 is 0 Å². The second-order valence-electron chi connectivity index (χ2n) is 5.29. The summed E-state index contributed by atoms with van der Waals surface area (Å²) in [5.74, 6) is 1.27. The highest BCUT2D eigenvalue weighted by Crippen LogP contribution is 2.43. The summed E-state index contributed by atoms with van der Waals surface area (Å²) < 4.78 is 1.12. The number of rotatable bonds is 3. The van der Waals surface area contributed by atoms with E-state index in [1.54, 1.807) is 0 Å². The fraction of sp³-hybridized carbons (Fsp3) is 0.500. The summed E-state index contributed by atoms with van der Waals surface area (Å²) in [6.45, 7) is 0. The molecule has 2 fully saturated rings. The molecule has 0 amide bonds. The zero-order valence-electron chi connectivity index (χ0n) is 10.9. The molecule has 0 spiro atoms. The zero-order chi connectivity index (χ0) is 12.7. The predicted octanol–water partition coefficient (Wildman–Crippen LogP) is 3.33.